The van der Waals surface area contributed by atoms with Crippen LogP contribution in [0.3, 0.4) is 0 Å². The van der Waals surface area contributed by atoms with E-state index in [0.717, 1.165) is 6.42 Å². The molecule has 1 fully saturated rings. The summed E-state index contributed by atoms with van der Waals surface area (Å²) >= 11 is 0. The maximum absolute atomic E-state index is 13.0. The van der Waals surface area contributed by atoms with E-state index in [1.807, 2.05) is 17.0 Å². The predicted molar refractivity (Wildman–Crippen MR) is 78.3 cm³/mol. The van der Waals surface area contributed by atoms with Crippen molar-refractivity contribution >= 4 is 5.95 Å². The number of halogens is 1. The Hall–Kier alpha value is -2.28. The molecule has 6 nitrogen and oxygen atoms in total. The van der Waals surface area contributed by atoms with E-state index in [1.165, 1.54) is 12.4 Å². The molecular formula is C15H17FN4O2. The molecule has 0 amide bonds. The molecule has 2 aromatic heterocycles. The Morgan fingerprint density at radius 2 is 2.14 bits per heavy atom. The SMILES string of the molecule is CO[C@@H]1C[C@@H](COc2cccnc2)N(c2ncc(F)cn2)C1. The van der Waals surface area contributed by atoms with Gasteiger partial charge in [-0.2, -0.15) is 0 Å². The van der Waals surface area contributed by atoms with E-state index in [2.05, 4.69) is 15.0 Å². The molecule has 1 aliphatic rings. The first kappa shape index (κ1) is 14.6. The summed E-state index contributed by atoms with van der Waals surface area (Å²) in [5.41, 5.74) is 0. The van der Waals surface area contributed by atoms with Gasteiger partial charge in [0.15, 0.2) is 5.82 Å². The molecule has 3 heterocycles. The van der Waals surface area contributed by atoms with Crippen molar-refractivity contribution in [2.45, 2.75) is 18.6 Å². The first-order valence-corrected chi connectivity index (χ1v) is 7.06. The van der Waals surface area contributed by atoms with Crippen molar-refractivity contribution < 1.29 is 13.9 Å². The van der Waals surface area contributed by atoms with Crippen LogP contribution < -0.4 is 9.64 Å². The van der Waals surface area contributed by atoms with E-state index in [1.54, 1.807) is 19.5 Å². The second kappa shape index (κ2) is 6.65. The molecule has 0 unspecified atom stereocenters. The lowest BCUT2D eigenvalue weighted by atomic mass is 10.2. The molecule has 0 bridgehead atoms. The van der Waals surface area contributed by atoms with Gasteiger partial charge in [0.2, 0.25) is 5.95 Å². The van der Waals surface area contributed by atoms with Crippen LogP contribution in [0.15, 0.2) is 36.9 Å². The molecule has 7 heteroatoms. The Labute approximate surface area is 127 Å². The highest BCUT2D eigenvalue weighted by Crippen LogP contribution is 2.25. The monoisotopic (exact) mass is 304 g/mol. The second-order valence-corrected chi connectivity index (χ2v) is 5.10. The largest absolute Gasteiger partial charge is 0.490 e. The molecular weight excluding hydrogens is 287 g/mol. The Morgan fingerprint density at radius 1 is 1.32 bits per heavy atom. The topological polar surface area (TPSA) is 60.4 Å². The van der Waals surface area contributed by atoms with Gasteiger partial charge >= 0.3 is 0 Å². The molecule has 0 radical (unpaired) electrons. The van der Waals surface area contributed by atoms with Gasteiger partial charge in [0.25, 0.3) is 0 Å². The Morgan fingerprint density at radius 3 is 2.82 bits per heavy atom. The van der Waals surface area contributed by atoms with Gasteiger partial charge in [0.05, 0.1) is 30.7 Å². The van der Waals surface area contributed by atoms with E-state index < -0.39 is 5.82 Å². The van der Waals surface area contributed by atoms with Crippen LogP contribution in [0.4, 0.5) is 10.3 Å². The van der Waals surface area contributed by atoms with Crippen molar-refractivity contribution in [3.8, 4) is 5.75 Å². The summed E-state index contributed by atoms with van der Waals surface area (Å²) in [6, 6.07) is 3.74. The van der Waals surface area contributed by atoms with Gasteiger partial charge in [-0.05, 0) is 18.6 Å². The summed E-state index contributed by atoms with van der Waals surface area (Å²) in [4.78, 5) is 14.1. The number of methoxy groups -OCH3 is 1. The van der Waals surface area contributed by atoms with Gasteiger partial charge < -0.3 is 14.4 Å². The fourth-order valence-corrected chi connectivity index (χ4v) is 2.53. The third-order valence-electron chi connectivity index (χ3n) is 3.65. The average Bonchev–Trinajstić information content (AvgIpc) is 2.98. The molecule has 116 valence electrons. The number of anilines is 1. The smallest absolute Gasteiger partial charge is 0.225 e. The first-order valence-electron chi connectivity index (χ1n) is 7.06. The number of nitrogens with zero attached hydrogens (tertiary/aromatic N) is 4. The third kappa shape index (κ3) is 3.30. The highest BCUT2D eigenvalue weighted by molar-refractivity contribution is 5.34. The van der Waals surface area contributed by atoms with Crippen molar-refractivity contribution in [2.24, 2.45) is 0 Å². The van der Waals surface area contributed by atoms with Gasteiger partial charge in [-0.15, -0.1) is 0 Å². The van der Waals surface area contributed by atoms with E-state index in [0.29, 0.717) is 24.8 Å². The molecule has 1 saturated heterocycles. The van der Waals surface area contributed by atoms with Crippen LogP contribution in [-0.4, -0.2) is 47.4 Å². The predicted octanol–water partition coefficient (Wildman–Crippen LogP) is 1.68. The van der Waals surface area contributed by atoms with E-state index in [9.17, 15) is 4.39 Å². The summed E-state index contributed by atoms with van der Waals surface area (Å²) in [7, 11) is 1.68. The van der Waals surface area contributed by atoms with Crippen LogP contribution in [0, 0.1) is 5.82 Å². The highest BCUT2D eigenvalue weighted by atomic mass is 19.1. The lowest BCUT2D eigenvalue weighted by molar-refractivity contribution is 0.115. The van der Waals surface area contributed by atoms with Gasteiger partial charge in [-0.1, -0.05) is 0 Å². The van der Waals surface area contributed by atoms with E-state index in [-0.39, 0.29) is 12.1 Å². The Kier molecular flexibility index (Phi) is 4.43. The molecule has 3 rings (SSSR count). The summed E-state index contributed by atoms with van der Waals surface area (Å²) in [5, 5.41) is 0. The third-order valence-corrected chi connectivity index (χ3v) is 3.65. The molecule has 0 aromatic carbocycles. The normalized spacial score (nSPS) is 21.1. The van der Waals surface area contributed by atoms with Crippen molar-refractivity contribution in [1.82, 2.24) is 15.0 Å². The minimum absolute atomic E-state index is 0.0654. The van der Waals surface area contributed by atoms with Crippen LogP contribution in [0.5, 0.6) is 5.75 Å². The van der Waals surface area contributed by atoms with Gasteiger partial charge in [-0.25, -0.2) is 14.4 Å². The van der Waals surface area contributed by atoms with Crippen LogP contribution in [0.1, 0.15) is 6.42 Å². The fraction of sp³-hybridized carbons (Fsp3) is 0.400. The second-order valence-electron chi connectivity index (χ2n) is 5.10. The Balaban J connectivity index is 1.70. The van der Waals surface area contributed by atoms with Crippen molar-refractivity contribution in [1.29, 1.82) is 0 Å². The van der Waals surface area contributed by atoms with Crippen LogP contribution in [0.2, 0.25) is 0 Å². The summed E-state index contributed by atoms with van der Waals surface area (Å²) in [6.07, 6.45) is 6.58. The zero-order chi connectivity index (χ0) is 15.4. The first-order chi connectivity index (χ1) is 10.8. The standard InChI is InChI=1S/C15H17FN4O2/c1-21-14-5-12(10-22-13-3-2-4-17-8-13)20(9-14)15-18-6-11(16)7-19-15/h2-4,6-8,12,14H,5,9-10H2,1H3/t12-,14+/m0/s1. The van der Waals surface area contributed by atoms with E-state index >= 15 is 0 Å². The zero-order valence-corrected chi connectivity index (χ0v) is 12.2. The molecule has 1 aliphatic heterocycles. The van der Waals surface area contributed by atoms with Crippen molar-refractivity contribution in [3.63, 3.8) is 0 Å². The summed E-state index contributed by atoms with van der Waals surface area (Å²) in [5.74, 6) is 0.749. The molecule has 2 aromatic rings. The average molecular weight is 304 g/mol. The van der Waals surface area contributed by atoms with Gasteiger partial charge in [0.1, 0.15) is 12.4 Å². The van der Waals surface area contributed by atoms with Crippen LogP contribution in [0.25, 0.3) is 0 Å². The maximum atomic E-state index is 13.0. The maximum Gasteiger partial charge on any atom is 0.225 e. The van der Waals surface area contributed by atoms with Gasteiger partial charge in [-0.3, -0.25) is 4.98 Å². The molecule has 0 saturated carbocycles. The lowest BCUT2D eigenvalue weighted by Crippen LogP contribution is -2.35. The Bertz CT molecular complexity index is 596. The highest BCUT2D eigenvalue weighted by Gasteiger charge is 2.34. The summed E-state index contributed by atoms with van der Waals surface area (Å²) < 4.78 is 24.2. The van der Waals surface area contributed by atoms with Gasteiger partial charge in [0, 0.05) is 19.9 Å². The fourth-order valence-electron chi connectivity index (χ4n) is 2.53. The minimum Gasteiger partial charge on any atom is -0.490 e. The molecule has 0 spiro atoms. The van der Waals surface area contributed by atoms with Crippen molar-refractivity contribution in [3.05, 3.63) is 42.7 Å². The quantitative estimate of drug-likeness (QED) is 0.837. The molecule has 22 heavy (non-hydrogen) atoms. The number of ether oxygens (including phenoxy) is 2. The van der Waals surface area contributed by atoms with Crippen LogP contribution >= 0.6 is 0 Å². The zero-order valence-electron chi connectivity index (χ0n) is 12.2. The summed E-state index contributed by atoms with van der Waals surface area (Å²) in [6.45, 7) is 1.12. The van der Waals surface area contributed by atoms with Crippen molar-refractivity contribution in [2.75, 3.05) is 25.2 Å². The van der Waals surface area contributed by atoms with E-state index in [4.69, 9.17) is 9.47 Å². The molecule has 2 atom stereocenters. The minimum atomic E-state index is -0.450. The number of rotatable bonds is 5. The number of hydrogen-bond acceptors (Lipinski definition) is 6. The molecule has 0 N–H and O–H groups in total. The van der Waals surface area contributed by atoms with Crippen LogP contribution in [-0.2, 0) is 4.74 Å². The lowest BCUT2D eigenvalue weighted by Gasteiger charge is -2.24. The molecule has 0 aliphatic carbocycles. The number of pyridine rings is 1. The number of hydrogen-bond donors (Lipinski definition) is 0. The number of aromatic nitrogens is 3.